The summed E-state index contributed by atoms with van der Waals surface area (Å²) in [5.41, 5.74) is 1.39. The van der Waals surface area contributed by atoms with E-state index in [0.717, 1.165) is 11.3 Å². The van der Waals surface area contributed by atoms with Crippen molar-refractivity contribution in [3.63, 3.8) is 0 Å². The summed E-state index contributed by atoms with van der Waals surface area (Å²) in [4.78, 5) is 12.5. The number of carbonyl (C=O) groups is 1. The van der Waals surface area contributed by atoms with Crippen LogP contribution in [0.4, 0.5) is 5.69 Å². The number of benzene rings is 2. The highest BCUT2D eigenvalue weighted by Crippen LogP contribution is 2.36. The lowest BCUT2D eigenvalue weighted by molar-refractivity contribution is -0.113. The van der Waals surface area contributed by atoms with Crippen LogP contribution in [0.3, 0.4) is 0 Å². The third-order valence-corrected chi connectivity index (χ3v) is 6.30. The van der Waals surface area contributed by atoms with Gasteiger partial charge in [0.25, 0.3) is 0 Å². The summed E-state index contributed by atoms with van der Waals surface area (Å²) < 4.78 is 18.3. The van der Waals surface area contributed by atoms with Crippen molar-refractivity contribution in [2.45, 2.75) is 25.1 Å². The van der Waals surface area contributed by atoms with E-state index < -0.39 is 0 Å². The molecule has 1 aromatic heterocycles. The van der Waals surface area contributed by atoms with Crippen molar-refractivity contribution >= 4 is 46.6 Å². The number of nitrogens with one attached hydrogen (secondary N) is 1. The van der Waals surface area contributed by atoms with E-state index in [-0.39, 0.29) is 17.8 Å². The molecule has 8 nitrogen and oxygen atoms in total. The summed E-state index contributed by atoms with van der Waals surface area (Å²) in [5.74, 6) is 2.10. The third-order valence-electron chi connectivity index (χ3n) is 4.75. The second kappa shape index (κ2) is 11.0. The minimum atomic E-state index is -0.351. The Morgan fingerprint density at radius 3 is 2.52 bits per heavy atom. The lowest BCUT2D eigenvalue weighted by atomic mass is 10.2. The number of nitrogens with zero attached hydrogens (tertiary/aromatic N) is 3. The van der Waals surface area contributed by atoms with Crippen LogP contribution in [-0.4, -0.2) is 40.6 Å². The second-order valence-electron chi connectivity index (χ2n) is 7.09. The number of amides is 1. The molecule has 0 aliphatic rings. The van der Waals surface area contributed by atoms with Crippen LogP contribution in [0.15, 0.2) is 35.5 Å². The Morgan fingerprint density at radius 1 is 1.12 bits per heavy atom. The fourth-order valence-corrected chi connectivity index (χ4v) is 4.24. The van der Waals surface area contributed by atoms with Gasteiger partial charge in [-0.25, -0.2) is 0 Å². The molecular weight excluding hydrogens is 487 g/mol. The van der Waals surface area contributed by atoms with Crippen molar-refractivity contribution in [1.29, 1.82) is 0 Å². The molecule has 1 amide bonds. The van der Waals surface area contributed by atoms with Gasteiger partial charge < -0.3 is 24.1 Å². The highest BCUT2D eigenvalue weighted by molar-refractivity contribution is 7.99. The van der Waals surface area contributed by atoms with Crippen LogP contribution in [0.2, 0.25) is 10.0 Å². The molecule has 0 aliphatic carbocycles. The highest BCUT2D eigenvalue weighted by Gasteiger charge is 2.19. The van der Waals surface area contributed by atoms with Crippen LogP contribution in [0, 0.1) is 6.92 Å². The number of carbonyl (C=O) groups excluding carboxylic acids is 1. The molecule has 0 saturated carbocycles. The van der Waals surface area contributed by atoms with E-state index in [1.165, 1.54) is 26.0 Å². The average Bonchev–Trinajstić information content (AvgIpc) is 3.15. The van der Waals surface area contributed by atoms with Gasteiger partial charge in [0, 0.05) is 24.2 Å². The van der Waals surface area contributed by atoms with E-state index >= 15 is 0 Å². The largest absolute Gasteiger partial charge is 0.495 e. The first-order chi connectivity index (χ1) is 15.7. The van der Waals surface area contributed by atoms with E-state index in [2.05, 4.69) is 15.5 Å². The third kappa shape index (κ3) is 6.04. The lowest BCUT2D eigenvalue weighted by Crippen LogP contribution is -2.15. The predicted molar refractivity (Wildman–Crippen MR) is 130 cm³/mol. The lowest BCUT2D eigenvalue weighted by Gasteiger charge is -2.16. The first-order valence-electron chi connectivity index (χ1n) is 9.89. The first kappa shape index (κ1) is 25.0. The minimum absolute atomic E-state index is 0.117. The van der Waals surface area contributed by atoms with Crippen molar-refractivity contribution in [1.82, 2.24) is 14.8 Å². The van der Waals surface area contributed by atoms with Gasteiger partial charge >= 0.3 is 0 Å². The summed E-state index contributed by atoms with van der Waals surface area (Å²) in [6.07, 6.45) is -0.351. The molecule has 0 saturated heterocycles. The number of anilines is 1. The number of hydrogen-bond donors (Lipinski definition) is 1. The van der Waals surface area contributed by atoms with Gasteiger partial charge in [-0.1, -0.05) is 35.0 Å². The number of ether oxygens (including phenoxy) is 3. The standard InChI is InChI=1S/C22H24Cl2N4O4S/c1-12-8-14(23)6-7-17(12)32-13(2)21-26-27-22(28(21)3)33-11-20(29)25-16-10-18(30-4)15(24)9-19(16)31-5/h6-10,13H,11H2,1-5H3,(H,25,29). The number of thioether (sulfide) groups is 1. The number of aryl methyl sites for hydroxylation is 1. The quantitative estimate of drug-likeness (QED) is 0.389. The molecule has 3 aromatic rings. The van der Waals surface area contributed by atoms with Crippen LogP contribution in [0.1, 0.15) is 24.4 Å². The second-order valence-corrected chi connectivity index (χ2v) is 8.88. The van der Waals surface area contributed by atoms with E-state index in [9.17, 15) is 4.79 Å². The van der Waals surface area contributed by atoms with Gasteiger partial charge in [0.1, 0.15) is 17.2 Å². The number of halogens is 2. The summed E-state index contributed by atoms with van der Waals surface area (Å²) in [7, 11) is 4.83. The maximum absolute atomic E-state index is 12.5. The maximum Gasteiger partial charge on any atom is 0.234 e. The SMILES string of the molecule is COc1cc(NC(=O)CSc2nnc(C(C)Oc3ccc(Cl)cc3C)n2C)c(OC)cc1Cl. The Balaban J connectivity index is 1.64. The van der Waals surface area contributed by atoms with E-state index in [1.807, 2.05) is 33.0 Å². The molecule has 0 spiro atoms. The molecule has 0 aliphatic heterocycles. The molecule has 0 bridgehead atoms. The zero-order valence-corrected chi connectivity index (χ0v) is 21.1. The predicted octanol–water partition coefficient (Wildman–Crippen LogP) is 5.32. The summed E-state index contributed by atoms with van der Waals surface area (Å²) in [6.45, 7) is 3.81. The molecule has 1 unspecified atom stereocenters. The Kier molecular flexibility index (Phi) is 8.34. The topological polar surface area (TPSA) is 87.5 Å². The number of aromatic nitrogens is 3. The summed E-state index contributed by atoms with van der Waals surface area (Å²) in [6, 6.07) is 8.64. The maximum atomic E-state index is 12.5. The van der Waals surface area contributed by atoms with Gasteiger partial charge in [0.15, 0.2) is 17.1 Å². The monoisotopic (exact) mass is 510 g/mol. The minimum Gasteiger partial charge on any atom is -0.495 e. The molecule has 176 valence electrons. The van der Waals surface area contributed by atoms with Crippen LogP contribution in [0.5, 0.6) is 17.2 Å². The van der Waals surface area contributed by atoms with Crippen LogP contribution in [0.25, 0.3) is 0 Å². The van der Waals surface area contributed by atoms with Crippen molar-refractivity contribution in [2.75, 3.05) is 25.3 Å². The Morgan fingerprint density at radius 2 is 1.85 bits per heavy atom. The molecule has 11 heteroatoms. The van der Waals surface area contributed by atoms with Crippen molar-refractivity contribution < 1.29 is 19.0 Å². The van der Waals surface area contributed by atoms with Gasteiger partial charge in [-0.15, -0.1) is 10.2 Å². The van der Waals surface area contributed by atoms with Gasteiger partial charge in [-0.3, -0.25) is 4.79 Å². The molecule has 0 radical (unpaired) electrons. The van der Waals surface area contributed by atoms with E-state index in [0.29, 0.717) is 38.2 Å². The highest BCUT2D eigenvalue weighted by atomic mass is 35.5. The summed E-state index contributed by atoms with van der Waals surface area (Å²) >= 11 is 13.4. The smallest absolute Gasteiger partial charge is 0.234 e. The molecule has 1 atom stereocenters. The molecule has 3 rings (SSSR count). The van der Waals surface area contributed by atoms with Crippen molar-refractivity contribution in [3.05, 3.63) is 51.8 Å². The average molecular weight is 511 g/mol. The summed E-state index contributed by atoms with van der Waals surface area (Å²) in [5, 5.41) is 12.9. The zero-order valence-electron chi connectivity index (χ0n) is 18.8. The molecule has 2 aromatic carbocycles. The molecule has 1 heterocycles. The van der Waals surface area contributed by atoms with Gasteiger partial charge in [0.2, 0.25) is 5.91 Å². The number of rotatable bonds is 9. The van der Waals surface area contributed by atoms with Crippen molar-refractivity contribution in [3.8, 4) is 17.2 Å². The normalized spacial score (nSPS) is 11.7. The Labute approximate surface area is 206 Å². The molecule has 0 fully saturated rings. The van der Waals surface area contributed by atoms with E-state index in [4.69, 9.17) is 37.4 Å². The zero-order chi connectivity index (χ0) is 24.1. The van der Waals surface area contributed by atoms with Crippen LogP contribution in [-0.2, 0) is 11.8 Å². The number of methoxy groups -OCH3 is 2. The van der Waals surface area contributed by atoms with Gasteiger partial charge in [0.05, 0.1) is 30.7 Å². The number of hydrogen-bond acceptors (Lipinski definition) is 7. The van der Waals surface area contributed by atoms with Crippen LogP contribution >= 0.6 is 35.0 Å². The molecule has 1 N–H and O–H groups in total. The molecular formula is C22H24Cl2N4O4S. The fraction of sp³-hybridized carbons (Fsp3) is 0.318. The van der Waals surface area contributed by atoms with Crippen LogP contribution < -0.4 is 19.5 Å². The Bertz CT molecular complexity index is 1160. The Hall–Kier alpha value is -2.62. The van der Waals surface area contributed by atoms with Crippen molar-refractivity contribution in [2.24, 2.45) is 7.05 Å². The fourth-order valence-electron chi connectivity index (χ4n) is 3.07. The van der Waals surface area contributed by atoms with Gasteiger partial charge in [-0.05, 0) is 37.6 Å². The van der Waals surface area contributed by atoms with Gasteiger partial charge in [-0.2, -0.15) is 0 Å². The van der Waals surface area contributed by atoms with E-state index in [1.54, 1.807) is 22.8 Å². The first-order valence-corrected chi connectivity index (χ1v) is 11.6. The molecule has 33 heavy (non-hydrogen) atoms.